The monoisotopic (exact) mass is 391 g/mol. The van der Waals surface area contributed by atoms with E-state index in [1.54, 1.807) is 29.8 Å². The van der Waals surface area contributed by atoms with Gasteiger partial charge in [-0.25, -0.2) is 0 Å². The zero-order valence-electron chi connectivity index (χ0n) is 14.7. The fourth-order valence-electron chi connectivity index (χ4n) is 2.40. The lowest BCUT2D eigenvalue weighted by Crippen LogP contribution is -2.19. The largest absolute Gasteiger partial charge is 0.390 e. The molecule has 0 aromatic heterocycles. The van der Waals surface area contributed by atoms with Crippen molar-refractivity contribution in [1.29, 1.82) is 0 Å². The average Bonchev–Trinajstić information content (AvgIpc) is 3.42. The number of anilines is 2. The number of nitrogens with zero attached hydrogens (tertiary/aromatic N) is 1. The summed E-state index contributed by atoms with van der Waals surface area (Å²) in [6.07, 6.45) is 8.48. The Morgan fingerprint density at radius 2 is 2.24 bits per heavy atom. The number of rotatable bonds is 10. The van der Waals surface area contributed by atoms with Gasteiger partial charge in [-0.2, -0.15) is 0 Å². The van der Waals surface area contributed by atoms with Crippen molar-refractivity contribution in [3.63, 3.8) is 0 Å². The Labute approximate surface area is 164 Å². The SMILES string of the molecule is C=CS/C(=C\C)SN(CC1CC1)c1cccc(/C=C/C(N)=S)c1NC. The van der Waals surface area contributed by atoms with E-state index in [4.69, 9.17) is 18.0 Å². The van der Waals surface area contributed by atoms with E-state index < -0.39 is 0 Å². The number of thioether (sulfide) groups is 1. The number of hydrogen-bond donors (Lipinski definition) is 2. The maximum Gasteiger partial charge on any atom is 0.0962 e. The first-order chi connectivity index (χ1) is 12.1. The lowest BCUT2D eigenvalue weighted by molar-refractivity contribution is 0.850. The molecule has 0 spiro atoms. The molecule has 2 rings (SSSR count). The second kappa shape index (κ2) is 9.94. The quantitative estimate of drug-likeness (QED) is 0.306. The van der Waals surface area contributed by atoms with E-state index in [-0.39, 0.29) is 0 Å². The Balaban J connectivity index is 2.36. The summed E-state index contributed by atoms with van der Waals surface area (Å²) in [6, 6.07) is 6.30. The fraction of sp³-hybridized carbons (Fsp3) is 0.316. The van der Waals surface area contributed by atoms with E-state index in [2.05, 4.69) is 47.4 Å². The molecule has 1 aromatic carbocycles. The maximum atomic E-state index is 5.61. The molecule has 0 radical (unpaired) electrons. The second-order valence-corrected chi connectivity index (χ2v) is 8.52. The van der Waals surface area contributed by atoms with Crippen molar-refractivity contribution < 1.29 is 0 Å². The van der Waals surface area contributed by atoms with Crippen LogP contribution in [0.25, 0.3) is 6.08 Å². The smallest absolute Gasteiger partial charge is 0.0962 e. The Bertz CT molecular complexity index is 678. The van der Waals surface area contributed by atoms with E-state index >= 15 is 0 Å². The van der Waals surface area contributed by atoms with Crippen LogP contribution < -0.4 is 15.4 Å². The van der Waals surface area contributed by atoms with Crippen molar-refractivity contribution in [3.05, 3.63) is 52.1 Å². The van der Waals surface area contributed by atoms with Gasteiger partial charge in [0.2, 0.25) is 0 Å². The number of nitrogens with one attached hydrogen (secondary N) is 1. The molecule has 3 nitrogen and oxygen atoms in total. The standard InChI is InChI=1S/C19H25N3S3/c1-4-18(24-5-2)25-22(13-14-9-10-14)16-8-6-7-15(19(16)21-3)11-12-17(20)23/h4-8,11-12,14,21H,2,9-10,13H2,1,3H3,(H2,20,23)/b12-11+,18-4+. The van der Waals surface area contributed by atoms with E-state index in [9.17, 15) is 0 Å². The van der Waals surface area contributed by atoms with Crippen molar-refractivity contribution in [2.24, 2.45) is 11.7 Å². The number of hydrogen-bond acceptors (Lipinski definition) is 5. The minimum Gasteiger partial charge on any atom is -0.390 e. The summed E-state index contributed by atoms with van der Waals surface area (Å²) in [4.78, 5) is 0.384. The molecule has 0 bridgehead atoms. The van der Waals surface area contributed by atoms with Crippen molar-refractivity contribution in [3.8, 4) is 0 Å². The molecule has 1 aromatic rings. The lowest BCUT2D eigenvalue weighted by atomic mass is 10.1. The Hall–Kier alpha value is -1.37. The zero-order valence-corrected chi connectivity index (χ0v) is 17.1. The first-order valence-corrected chi connectivity index (χ1v) is 10.3. The van der Waals surface area contributed by atoms with Crippen LogP contribution in [0.4, 0.5) is 11.4 Å². The lowest BCUT2D eigenvalue weighted by Gasteiger charge is -2.27. The van der Waals surface area contributed by atoms with E-state index in [1.165, 1.54) is 22.8 Å². The molecule has 0 amide bonds. The van der Waals surface area contributed by atoms with E-state index in [0.717, 1.165) is 23.7 Å². The Morgan fingerprint density at radius 1 is 1.48 bits per heavy atom. The van der Waals surface area contributed by atoms with Gasteiger partial charge >= 0.3 is 0 Å². The number of allylic oxidation sites excluding steroid dienone is 1. The molecular formula is C19H25N3S3. The molecule has 25 heavy (non-hydrogen) atoms. The topological polar surface area (TPSA) is 41.3 Å². The van der Waals surface area contributed by atoms with Gasteiger partial charge in [-0.3, -0.25) is 0 Å². The molecule has 0 atom stereocenters. The van der Waals surface area contributed by atoms with Crippen molar-refractivity contribution in [1.82, 2.24) is 0 Å². The predicted octanol–water partition coefficient (Wildman–Crippen LogP) is 5.63. The molecule has 3 N–H and O–H groups in total. The molecule has 6 heteroatoms. The summed E-state index contributed by atoms with van der Waals surface area (Å²) in [7, 11) is 1.95. The molecule has 0 aliphatic heterocycles. The molecular weight excluding hydrogens is 366 g/mol. The Kier molecular flexibility index (Phi) is 7.93. The van der Waals surface area contributed by atoms with Crippen LogP contribution in [0.15, 0.2) is 46.6 Å². The zero-order chi connectivity index (χ0) is 18.2. The van der Waals surface area contributed by atoms with Crippen LogP contribution in [0.3, 0.4) is 0 Å². The van der Waals surface area contributed by atoms with Gasteiger partial charge in [0.15, 0.2) is 0 Å². The van der Waals surface area contributed by atoms with Crippen LogP contribution in [0, 0.1) is 5.92 Å². The molecule has 1 saturated carbocycles. The normalized spacial score (nSPS) is 14.6. The van der Waals surface area contributed by atoms with Gasteiger partial charge < -0.3 is 15.4 Å². The molecule has 0 heterocycles. The summed E-state index contributed by atoms with van der Waals surface area (Å²) < 4.78 is 3.61. The first-order valence-electron chi connectivity index (χ1n) is 8.26. The molecule has 0 saturated heterocycles. The van der Waals surface area contributed by atoms with E-state index in [0.29, 0.717) is 4.99 Å². The van der Waals surface area contributed by atoms with Crippen molar-refractivity contribution in [2.45, 2.75) is 19.8 Å². The van der Waals surface area contributed by atoms with Crippen molar-refractivity contribution >= 4 is 58.4 Å². The van der Waals surface area contributed by atoms with Gasteiger partial charge in [-0.1, -0.05) is 48.8 Å². The summed E-state index contributed by atoms with van der Waals surface area (Å²) in [5.41, 5.74) is 8.95. The van der Waals surface area contributed by atoms with Crippen LogP contribution in [0.1, 0.15) is 25.3 Å². The minimum absolute atomic E-state index is 0.384. The summed E-state index contributed by atoms with van der Waals surface area (Å²) in [5.74, 6) is 0.778. The highest BCUT2D eigenvalue weighted by atomic mass is 32.2. The van der Waals surface area contributed by atoms with Gasteiger partial charge in [0.25, 0.3) is 0 Å². The van der Waals surface area contributed by atoms with Gasteiger partial charge in [0.1, 0.15) is 0 Å². The van der Waals surface area contributed by atoms with Gasteiger partial charge in [-0.05, 0) is 66.8 Å². The number of benzene rings is 1. The summed E-state index contributed by atoms with van der Waals surface area (Å²) in [6.45, 7) is 6.94. The highest BCUT2D eigenvalue weighted by Crippen LogP contribution is 2.43. The minimum atomic E-state index is 0.384. The number of para-hydroxylation sites is 1. The molecule has 134 valence electrons. The summed E-state index contributed by atoms with van der Waals surface area (Å²) in [5, 5.41) is 5.22. The van der Waals surface area contributed by atoms with Gasteiger partial charge in [0.05, 0.1) is 20.6 Å². The van der Waals surface area contributed by atoms with E-state index in [1.807, 2.05) is 18.5 Å². The van der Waals surface area contributed by atoms with Crippen molar-refractivity contribution in [2.75, 3.05) is 23.2 Å². The Morgan fingerprint density at radius 3 is 2.80 bits per heavy atom. The number of thiocarbonyl (C=S) groups is 1. The third-order valence-corrected chi connectivity index (χ3v) is 6.04. The predicted molar refractivity (Wildman–Crippen MR) is 121 cm³/mol. The average molecular weight is 392 g/mol. The van der Waals surface area contributed by atoms with Gasteiger partial charge in [-0.15, -0.1) is 0 Å². The van der Waals surface area contributed by atoms with Crippen LogP contribution in [0.5, 0.6) is 0 Å². The number of nitrogens with two attached hydrogens (primary N) is 1. The maximum absolute atomic E-state index is 5.61. The third kappa shape index (κ3) is 6.13. The molecule has 0 unspecified atom stereocenters. The van der Waals surface area contributed by atoms with Crippen LogP contribution in [-0.2, 0) is 0 Å². The van der Waals surface area contributed by atoms with Crippen LogP contribution in [0.2, 0.25) is 0 Å². The molecule has 1 aliphatic carbocycles. The third-order valence-electron chi connectivity index (χ3n) is 3.78. The second-order valence-electron chi connectivity index (χ2n) is 5.72. The highest BCUT2D eigenvalue weighted by molar-refractivity contribution is 8.24. The van der Waals surface area contributed by atoms with Crippen LogP contribution >= 0.6 is 35.9 Å². The van der Waals surface area contributed by atoms with Crippen LogP contribution in [-0.4, -0.2) is 18.6 Å². The molecule has 1 fully saturated rings. The first kappa shape index (κ1) is 19.9. The summed E-state index contributed by atoms with van der Waals surface area (Å²) >= 11 is 8.39. The highest BCUT2D eigenvalue weighted by Gasteiger charge is 2.27. The fourth-order valence-corrected chi connectivity index (χ4v) is 4.27. The van der Waals surface area contributed by atoms with Gasteiger partial charge in [0, 0.05) is 13.6 Å². The molecule has 1 aliphatic rings.